The molecule has 110 valence electrons. The minimum absolute atomic E-state index is 0.000451. The van der Waals surface area contributed by atoms with Gasteiger partial charge < -0.3 is 19.7 Å². The monoisotopic (exact) mass is 270 g/mol. The number of hydrogen-bond donors (Lipinski definition) is 1. The van der Waals surface area contributed by atoms with Gasteiger partial charge in [0, 0.05) is 27.3 Å². The molecular formula is C14H26N2O3. The van der Waals surface area contributed by atoms with E-state index in [0.717, 1.165) is 19.4 Å². The summed E-state index contributed by atoms with van der Waals surface area (Å²) in [4.78, 5) is 14.4. The van der Waals surface area contributed by atoms with Crippen molar-refractivity contribution in [1.82, 2.24) is 10.2 Å². The molecule has 0 aromatic carbocycles. The van der Waals surface area contributed by atoms with Gasteiger partial charge in [0.1, 0.15) is 12.2 Å². The van der Waals surface area contributed by atoms with E-state index in [1.807, 2.05) is 4.90 Å². The molecule has 2 fully saturated rings. The van der Waals surface area contributed by atoms with Crippen LogP contribution in [0.3, 0.4) is 0 Å². The maximum Gasteiger partial charge on any atom is 0.239 e. The van der Waals surface area contributed by atoms with Crippen molar-refractivity contribution < 1.29 is 14.3 Å². The quantitative estimate of drug-likeness (QED) is 0.814. The van der Waals surface area contributed by atoms with E-state index in [9.17, 15) is 4.79 Å². The van der Waals surface area contributed by atoms with Gasteiger partial charge in [0.2, 0.25) is 5.91 Å². The molecule has 19 heavy (non-hydrogen) atoms. The summed E-state index contributed by atoms with van der Waals surface area (Å²) in [7, 11) is 3.35. The normalized spacial score (nSPS) is 35.6. The first-order chi connectivity index (χ1) is 9.19. The van der Waals surface area contributed by atoms with Crippen LogP contribution in [0.15, 0.2) is 0 Å². The highest BCUT2D eigenvalue weighted by Gasteiger charge is 2.38. The van der Waals surface area contributed by atoms with Gasteiger partial charge in [0.15, 0.2) is 0 Å². The molecule has 0 spiro atoms. The van der Waals surface area contributed by atoms with Crippen molar-refractivity contribution in [2.24, 2.45) is 5.92 Å². The highest BCUT2D eigenvalue weighted by molar-refractivity contribution is 5.82. The number of rotatable bonds is 4. The number of carbonyl (C=O) groups is 1. The van der Waals surface area contributed by atoms with Gasteiger partial charge in [-0.2, -0.15) is 0 Å². The summed E-state index contributed by atoms with van der Waals surface area (Å²) in [6.07, 6.45) is 3.30. The van der Waals surface area contributed by atoms with Crippen molar-refractivity contribution >= 4 is 5.91 Å². The van der Waals surface area contributed by atoms with E-state index in [1.165, 1.54) is 6.42 Å². The maximum atomic E-state index is 12.5. The van der Waals surface area contributed by atoms with E-state index in [4.69, 9.17) is 9.47 Å². The van der Waals surface area contributed by atoms with Crippen LogP contribution in [-0.4, -0.2) is 62.9 Å². The van der Waals surface area contributed by atoms with Gasteiger partial charge in [0.05, 0.1) is 6.04 Å². The van der Waals surface area contributed by atoms with Crippen molar-refractivity contribution in [1.29, 1.82) is 0 Å². The van der Waals surface area contributed by atoms with E-state index in [-0.39, 0.29) is 24.2 Å². The van der Waals surface area contributed by atoms with Crippen LogP contribution in [0.1, 0.15) is 26.2 Å². The van der Waals surface area contributed by atoms with Gasteiger partial charge in [-0.05, 0) is 25.3 Å². The number of nitrogens with zero attached hydrogens (tertiary/aromatic N) is 1. The molecule has 0 radical (unpaired) electrons. The number of nitrogens with one attached hydrogen (secondary N) is 1. The smallest absolute Gasteiger partial charge is 0.239 e. The Morgan fingerprint density at radius 1 is 1.26 bits per heavy atom. The van der Waals surface area contributed by atoms with Gasteiger partial charge in [-0.3, -0.25) is 4.79 Å². The fraction of sp³-hybridized carbons (Fsp3) is 0.929. The van der Waals surface area contributed by atoms with Crippen molar-refractivity contribution in [2.75, 3.05) is 33.9 Å². The zero-order valence-corrected chi connectivity index (χ0v) is 12.2. The number of piperidine rings is 1. The summed E-state index contributed by atoms with van der Waals surface area (Å²) in [6.45, 7) is 4.44. The second-order valence-electron chi connectivity index (χ2n) is 5.60. The Bertz CT molecular complexity index is 299. The largest absolute Gasteiger partial charge is 0.377 e. The van der Waals surface area contributed by atoms with Crippen LogP contribution < -0.4 is 5.32 Å². The maximum absolute atomic E-state index is 12.5. The lowest BCUT2D eigenvalue weighted by Crippen LogP contribution is -2.50. The third-order valence-electron chi connectivity index (χ3n) is 4.52. The Morgan fingerprint density at radius 3 is 2.42 bits per heavy atom. The fourth-order valence-electron chi connectivity index (χ4n) is 3.15. The second-order valence-corrected chi connectivity index (χ2v) is 5.60. The van der Waals surface area contributed by atoms with Crippen LogP contribution in [0.25, 0.3) is 0 Å². The third-order valence-corrected chi connectivity index (χ3v) is 4.52. The molecule has 4 unspecified atom stereocenters. The molecule has 4 atom stereocenters. The summed E-state index contributed by atoms with van der Waals surface area (Å²) in [6, 6.07) is -0.0215. The minimum Gasteiger partial charge on any atom is -0.377 e. The number of amides is 1. The highest BCUT2D eigenvalue weighted by atomic mass is 16.5. The number of likely N-dealkylation sites (tertiary alicyclic amines) is 1. The Hall–Kier alpha value is -0.650. The molecule has 2 aliphatic rings. The Morgan fingerprint density at radius 2 is 1.89 bits per heavy atom. The van der Waals surface area contributed by atoms with Crippen LogP contribution >= 0.6 is 0 Å². The molecule has 1 N–H and O–H groups in total. The summed E-state index contributed by atoms with van der Waals surface area (Å²) < 4.78 is 10.8. The summed E-state index contributed by atoms with van der Waals surface area (Å²) in [5.74, 6) is 0.883. The molecule has 2 saturated heterocycles. The number of hydrogen-bond acceptors (Lipinski definition) is 4. The predicted molar refractivity (Wildman–Crippen MR) is 73.0 cm³/mol. The van der Waals surface area contributed by atoms with Crippen molar-refractivity contribution in [3.8, 4) is 0 Å². The molecular weight excluding hydrogens is 244 g/mol. The van der Waals surface area contributed by atoms with Gasteiger partial charge in [-0.15, -0.1) is 0 Å². The molecule has 0 aromatic heterocycles. The Labute approximate surface area is 115 Å². The van der Waals surface area contributed by atoms with Gasteiger partial charge >= 0.3 is 0 Å². The minimum atomic E-state index is -0.0215. The zero-order chi connectivity index (χ0) is 13.8. The van der Waals surface area contributed by atoms with Gasteiger partial charge in [-0.25, -0.2) is 0 Å². The van der Waals surface area contributed by atoms with Crippen LogP contribution in [-0.2, 0) is 14.3 Å². The fourth-order valence-corrected chi connectivity index (χ4v) is 3.15. The molecule has 2 heterocycles. The molecule has 2 aliphatic heterocycles. The molecule has 5 nitrogen and oxygen atoms in total. The Balaban J connectivity index is 1.93. The van der Waals surface area contributed by atoms with Gasteiger partial charge in [0.25, 0.3) is 0 Å². The lowest BCUT2D eigenvalue weighted by molar-refractivity contribution is -0.134. The van der Waals surface area contributed by atoms with E-state index < -0.39 is 0 Å². The Kier molecular flexibility index (Phi) is 5.19. The van der Waals surface area contributed by atoms with Gasteiger partial charge in [-0.1, -0.05) is 13.3 Å². The van der Waals surface area contributed by atoms with Crippen molar-refractivity contribution in [3.63, 3.8) is 0 Å². The number of methoxy groups -OCH3 is 2. The average Bonchev–Trinajstić information content (AvgIpc) is 2.89. The highest BCUT2D eigenvalue weighted by Crippen LogP contribution is 2.23. The average molecular weight is 270 g/mol. The van der Waals surface area contributed by atoms with E-state index in [0.29, 0.717) is 19.0 Å². The summed E-state index contributed by atoms with van der Waals surface area (Å²) in [5.41, 5.74) is 0. The first kappa shape index (κ1) is 14.8. The standard InChI is InChI=1S/C14H26N2O3/c1-4-10-5-6-15-11(7-10)14(17)16-8-12(18-2)13(9-16)19-3/h10-13,15H,4-9H2,1-3H3. The SMILES string of the molecule is CCC1CCNC(C(=O)N2CC(OC)C(OC)C2)C1. The number of carbonyl (C=O) groups excluding carboxylic acids is 1. The molecule has 1 amide bonds. The topological polar surface area (TPSA) is 50.8 Å². The van der Waals surface area contributed by atoms with Crippen molar-refractivity contribution in [2.45, 2.75) is 44.4 Å². The van der Waals surface area contributed by atoms with E-state index in [1.54, 1.807) is 14.2 Å². The molecule has 2 rings (SSSR count). The lowest BCUT2D eigenvalue weighted by atomic mass is 9.90. The zero-order valence-electron chi connectivity index (χ0n) is 12.2. The summed E-state index contributed by atoms with van der Waals surface area (Å²) >= 11 is 0. The summed E-state index contributed by atoms with van der Waals surface area (Å²) in [5, 5.41) is 3.35. The lowest BCUT2D eigenvalue weighted by Gasteiger charge is -2.31. The van der Waals surface area contributed by atoms with Crippen LogP contribution in [0.4, 0.5) is 0 Å². The molecule has 0 aliphatic carbocycles. The molecule has 0 saturated carbocycles. The van der Waals surface area contributed by atoms with Crippen molar-refractivity contribution in [3.05, 3.63) is 0 Å². The third kappa shape index (κ3) is 3.27. The molecule has 5 heteroatoms. The van der Waals surface area contributed by atoms with Crippen LogP contribution in [0, 0.1) is 5.92 Å². The van der Waals surface area contributed by atoms with E-state index >= 15 is 0 Å². The number of ether oxygens (including phenoxy) is 2. The first-order valence-corrected chi connectivity index (χ1v) is 7.27. The predicted octanol–water partition coefficient (Wildman–Crippen LogP) is 0.637. The van der Waals surface area contributed by atoms with E-state index in [2.05, 4.69) is 12.2 Å². The first-order valence-electron chi connectivity index (χ1n) is 7.27. The van der Waals surface area contributed by atoms with Crippen LogP contribution in [0.2, 0.25) is 0 Å². The second kappa shape index (κ2) is 6.68. The molecule has 0 bridgehead atoms. The molecule has 0 aromatic rings. The van der Waals surface area contributed by atoms with Crippen LogP contribution in [0.5, 0.6) is 0 Å².